The Labute approximate surface area is 213 Å². The van der Waals surface area contributed by atoms with Gasteiger partial charge in [-0.15, -0.1) is 0 Å². The van der Waals surface area contributed by atoms with Crippen molar-refractivity contribution in [2.75, 3.05) is 6.54 Å². The number of hydrogen-bond acceptors (Lipinski definition) is 4. The Morgan fingerprint density at radius 2 is 1.69 bits per heavy atom. The van der Waals surface area contributed by atoms with Crippen molar-refractivity contribution in [3.63, 3.8) is 0 Å². The molecular weight excluding hydrogens is 448 g/mol. The number of rotatable bonds is 7. The molecule has 1 aliphatic carbocycles. The van der Waals surface area contributed by atoms with Gasteiger partial charge in [0.1, 0.15) is 11.4 Å². The van der Waals surface area contributed by atoms with E-state index in [0.29, 0.717) is 31.0 Å². The van der Waals surface area contributed by atoms with E-state index in [1.54, 1.807) is 0 Å². The molecule has 0 spiro atoms. The smallest absolute Gasteiger partial charge is 0.252 e. The number of nitrogens with one attached hydrogen (secondary N) is 1. The van der Waals surface area contributed by atoms with Gasteiger partial charge in [0.15, 0.2) is 0 Å². The lowest BCUT2D eigenvalue weighted by atomic mass is 9.94. The van der Waals surface area contributed by atoms with Crippen LogP contribution in [0.2, 0.25) is 0 Å². The summed E-state index contributed by atoms with van der Waals surface area (Å²) in [6, 6.07) is 20.3. The Balaban J connectivity index is 1.16. The largest absolute Gasteiger partial charge is 0.380 e. The summed E-state index contributed by atoms with van der Waals surface area (Å²) in [6.07, 6.45) is 8.63. The highest BCUT2D eigenvalue weighted by molar-refractivity contribution is 5.85. The molecule has 2 unspecified atom stereocenters. The van der Waals surface area contributed by atoms with Crippen LogP contribution in [-0.2, 0) is 4.79 Å². The highest BCUT2D eigenvalue weighted by Gasteiger charge is 2.43. The Morgan fingerprint density at radius 1 is 1.03 bits per heavy atom. The van der Waals surface area contributed by atoms with E-state index in [1.165, 1.54) is 18.4 Å². The summed E-state index contributed by atoms with van der Waals surface area (Å²) >= 11 is 0. The van der Waals surface area contributed by atoms with Crippen LogP contribution in [0.3, 0.4) is 0 Å². The number of aliphatic hydroxyl groups is 1. The number of amides is 1. The van der Waals surface area contributed by atoms with E-state index < -0.39 is 5.60 Å². The second-order valence-corrected chi connectivity index (χ2v) is 11.2. The van der Waals surface area contributed by atoms with Crippen LogP contribution in [0.25, 0.3) is 11.0 Å². The SMILES string of the molecule is Cc1nc2ccccc2n1C1CC2CCC(C1)N2CC[C@H](NC(=O)C1(O)CCCC1)c1ccccc1. The molecule has 6 rings (SSSR count). The van der Waals surface area contributed by atoms with Crippen molar-refractivity contribution in [3.8, 4) is 0 Å². The third kappa shape index (κ3) is 4.35. The number of fused-ring (bicyclic) bond motifs is 3. The van der Waals surface area contributed by atoms with Crippen molar-refractivity contribution >= 4 is 16.9 Å². The minimum absolute atomic E-state index is 0.0831. The van der Waals surface area contributed by atoms with Gasteiger partial charge in [-0.05, 0) is 82.4 Å². The zero-order valence-corrected chi connectivity index (χ0v) is 21.3. The van der Waals surface area contributed by atoms with Crippen LogP contribution in [0.15, 0.2) is 54.6 Å². The van der Waals surface area contributed by atoms with Crippen molar-refractivity contribution in [1.82, 2.24) is 19.8 Å². The summed E-state index contributed by atoms with van der Waals surface area (Å²) in [6.45, 7) is 3.10. The number of carbonyl (C=O) groups excluding carboxylic acids is 1. The van der Waals surface area contributed by atoms with Crippen molar-refractivity contribution in [1.29, 1.82) is 0 Å². The summed E-state index contributed by atoms with van der Waals surface area (Å²) in [7, 11) is 0. The Morgan fingerprint density at radius 3 is 2.42 bits per heavy atom. The van der Waals surface area contributed by atoms with Gasteiger partial charge in [0.2, 0.25) is 0 Å². The molecule has 1 saturated carbocycles. The molecule has 2 aliphatic heterocycles. The molecule has 6 heteroatoms. The number of benzene rings is 2. The first-order valence-electron chi connectivity index (χ1n) is 13.8. The number of nitrogens with zero attached hydrogens (tertiary/aromatic N) is 3. The second kappa shape index (κ2) is 9.64. The van der Waals surface area contributed by atoms with E-state index in [0.717, 1.165) is 55.6 Å². The molecule has 1 amide bonds. The normalized spacial score (nSPS) is 26.3. The van der Waals surface area contributed by atoms with E-state index in [-0.39, 0.29) is 11.9 Å². The zero-order chi connectivity index (χ0) is 24.7. The standard InChI is InChI=1S/C30H38N4O2/c1-21-31-27-11-5-6-12-28(27)34(21)25-19-23-13-14-24(20-25)33(23)18-15-26(22-9-3-2-4-10-22)32-29(35)30(36)16-7-8-17-30/h2-6,9-12,23-26,36H,7-8,13-20H2,1H3,(H,32,35)/t23?,24?,25?,26-/m0/s1. The minimum Gasteiger partial charge on any atom is -0.380 e. The van der Waals surface area contributed by atoms with Crippen molar-refractivity contribution in [3.05, 3.63) is 66.0 Å². The minimum atomic E-state index is -1.20. The van der Waals surface area contributed by atoms with E-state index in [1.807, 2.05) is 18.2 Å². The van der Waals surface area contributed by atoms with Crippen molar-refractivity contribution in [2.45, 2.75) is 94.5 Å². The molecule has 2 bridgehead atoms. The summed E-state index contributed by atoms with van der Waals surface area (Å²) in [5.74, 6) is 0.920. The van der Waals surface area contributed by atoms with E-state index in [2.05, 4.69) is 58.1 Å². The Bertz CT molecular complexity index is 1200. The van der Waals surface area contributed by atoms with Crippen LogP contribution >= 0.6 is 0 Å². The first kappa shape index (κ1) is 23.7. The molecule has 3 atom stereocenters. The van der Waals surface area contributed by atoms with Crippen LogP contribution in [-0.4, -0.2) is 49.7 Å². The van der Waals surface area contributed by atoms with Crippen molar-refractivity contribution in [2.24, 2.45) is 0 Å². The summed E-state index contributed by atoms with van der Waals surface area (Å²) in [4.78, 5) is 20.6. The Hall–Kier alpha value is -2.70. The first-order chi connectivity index (χ1) is 17.5. The first-order valence-corrected chi connectivity index (χ1v) is 13.8. The van der Waals surface area contributed by atoms with Gasteiger partial charge in [0.25, 0.3) is 5.91 Å². The maximum absolute atomic E-state index is 13.1. The molecular formula is C30H38N4O2. The van der Waals surface area contributed by atoms with Gasteiger partial charge in [0.05, 0.1) is 17.1 Å². The third-order valence-electron chi connectivity index (χ3n) is 9.03. The maximum Gasteiger partial charge on any atom is 0.252 e. The van der Waals surface area contributed by atoms with Crippen LogP contribution in [0.4, 0.5) is 0 Å². The van der Waals surface area contributed by atoms with Crippen LogP contribution in [0.5, 0.6) is 0 Å². The summed E-state index contributed by atoms with van der Waals surface area (Å²) < 4.78 is 2.48. The number of aromatic nitrogens is 2. The predicted molar refractivity (Wildman–Crippen MR) is 142 cm³/mol. The molecule has 1 aromatic heterocycles. The highest BCUT2D eigenvalue weighted by atomic mass is 16.3. The zero-order valence-electron chi connectivity index (χ0n) is 21.3. The topological polar surface area (TPSA) is 70.4 Å². The summed E-state index contributed by atoms with van der Waals surface area (Å²) in [5, 5.41) is 14.1. The maximum atomic E-state index is 13.1. The van der Waals surface area contributed by atoms with E-state index >= 15 is 0 Å². The number of hydrogen-bond donors (Lipinski definition) is 2. The molecule has 36 heavy (non-hydrogen) atoms. The summed E-state index contributed by atoms with van der Waals surface area (Å²) in [5.41, 5.74) is 2.27. The van der Waals surface area contributed by atoms with Gasteiger partial charge in [-0.3, -0.25) is 9.69 Å². The van der Waals surface area contributed by atoms with Crippen LogP contribution in [0, 0.1) is 6.92 Å². The van der Waals surface area contributed by atoms with E-state index in [9.17, 15) is 9.90 Å². The fraction of sp³-hybridized carbons (Fsp3) is 0.533. The van der Waals surface area contributed by atoms with Crippen LogP contribution in [0.1, 0.15) is 81.3 Å². The molecule has 2 N–H and O–H groups in total. The number of carbonyl (C=O) groups is 1. The lowest BCUT2D eigenvalue weighted by Crippen LogP contribution is -2.48. The van der Waals surface area contributed by atoms with Gasteiger partial charge in [-0.1, -0.05) is 42.5 Å². The number of imidazole rings is 1. The molecule has 190 valence electrons. The van der Waals surface area contributed by atoms with Gasteiger partial charge < -0.3 is 15.0 Å². The average molecular weight is 487 g/mol. The monoisotopic (exact) mass is 486 g/mol. The van der Waals surface area contributed by atoms with E-state index in [4.69, 9.17) is 4.98 Å². The Kier molecular flexibility index (Phi) is 6.34. The fourth-order valence-corrected chi connectivity index (χ4v) is 7.21. The van der Waals surface area contributed by atoms with Gasteiger partial charge in [-0.2, -0.15) is 0 Å². The lowest BCUT2D eigenvalue weighted by molar-refractivity contribution is -0.140. The lowest BCUT2D eigenvalue weighted by Gasteiger charge is -2.40. The van der Waals surface area contributed by atoms with Gasteiger partial charge >= 0.3 is 0 Å². The highest BCUT2D eigenvalue weighted by Crippen LogP contribution is 2.42. The number of aryl methyl sites for hydroxylation is 1. The third-order valence-corrected chi connectivity index (χ3v) is 9.03. The molecule has 2 saturated heterocycles. The molecule has 3 heterocycles. The molecule has 3 fully saturated rings. The molecule has 0 radical (unpaired) electrons. The average Bonchev–Trinajstić information content (AvgIpc) is 3.55. The van der Waals surface area contributed by atoms with Gasteiger partial charge in [-0.25, -0.2) is 4.98 Å². The second-order valence-electron chi connectivity index (χ2n) is 11.2. The molecule has 2 aromatic carbocycles. The van der Waals surface area contributed by atoms with Gasteiger partial charge in [0, 0.05) is 24.7 Å². The number of piperidine rings is 1. The number of para-hydroxylation sites is 2. The van der Waals surface area contributed by atoms with Crippen molar-refractivity contribution < 1.29 is 9.90 Å². The van der Waals surface area contributed by atoms with Crippen LogP contribution < -0.4 is 5.32 Å². The predicted octanol–water partition coefficient (Wildman–Crippen LogP) is 5.07. The molecule has 6 nitrogen and oxygen atoms in total. The quantitative estimate of drug-likeness (QED) is 0.489. The molecule has 3 aromatic rings. The fourth-order valence-electron chi connectivity index (χ4n) is 7.21. The molecule has 3 aliphatic rings.